The van der Waals surface area contributed by atoms with E-state index in [1.54, 1.807) is 12.5 Å². The molecule has 0 bridgehead atoms. The Morgan fingerprint density at radius 3 is 3.00 bits per heavy atom. The molecule has 0 spiro atoms. The van der Waals surface area contributed by atoms with Crippen LogP contribution in [0.25, 0.3) is 11.2 Å². The Hall–Kier alpha value is -2.07. The minimum Gasteiger partial charge on any atom is -0.354 e. The highest BCUT2D eigenvalue weighted by Gasteiger charge is 2.04. The van der Waals surface area contributed by atoms with Gasteiger partial charge in [0.2, 0.25) is 0 Å². The summed E-state index contributed by atoms with van der Waals surface area (Å²) in [6.07, 6.45) is 3.34. The lowest BCUT2D eigenvalue weighted by Crippen LogP contribution is -1.92. The minimum absolute atomic E-state index is 0.692. The summed E-state index contributed by atoms with van der Waals surface area (Å²) < 4.78 is 0. The van der Waals surface area contributed by atoms with Crippen LogP contribution in [0.5, 0.6) is 0 Å². The Bertz CT molecular complexity index is 662. The number of hydrogen-bond acceptors (Lipinski definition) is 3. The second-order valence-corrected chi connectivity index (χ2v) is 4.03. The van der Waals surface area contributed by atoms with Gasteiger partial charge in [0.25, 0.3) is 0 Å². The van der Waals surface area contributed by atoms with Crippen molar-refractivity contribution < 1.29 is 0 Å². The van der Waals surface area contributed by atoms with Crippen molar-refractivity contribution in [1.82, 2.24) is 15.0 Å². The van der Waals surface area contributed by atoms with Gasteiger partial charge in [-0.3, -0.25) is 0 Å². The first-order chi connectivity index (χ1) is 8.33. The smallest absolute Gasteiger partial charge is 0.179 e. The van der Waals surface area contributed by atoms with E-state index in [0.717, 1.165) is 16.9 Å². The quantitative estimate of drug-likeness (QED) is 0.727. The molecule has 5 heteroatoms. The molecule has 3 aromatic rings. The Balaban J connectivity index is 2.02. The third-order valence-electron chi connectivity index (χ3n) is 2.43. The van der Waals surface area contributed by atoms with Crippen LogP contribution in [0.2, 0.25) is 5.02 Å². The molecule has 84 valence electrons. The number of hydrogen-bond donors (Lipinski definition) is 2. The summed E-state index contributed by atoms with van der Waals surface area (Å²) in [6.45, 7) is 0. The van der Waals surface area contributed by atoms with Crippen molar-refractivity contribution in [3.05, 3.63) is 47.9 Å². The number of H-pyrrole nitrogens is 1. The normalized spacial score (nSPS) is 10.6. The SMILES string of the molecule is Clc1cccc(Nc2ccnc3nc[nH]c23)c1. The van der Waals surface area contributed by atoms with Gasteiger partial charge >= 0.3 is 0 Å². The van der Waals surface area contributed by atoms with E-state index in [1.807, 2.05) is 30.3 Å². The highest BCUT2D eigenvalue weighted by atomic mass is 35.5. The van der Waals surface area contributed by atoms with E-state index in [9.17, 15) is 0 Å². The fraction of sp³-hybridized carbons (Fsp3) is 0. The molecule has 4 nitrogen and oxygen atoms in total. The van der Waals surface area contributed by atoms with Gasteiger partial charge in [-0.25, -0.2) is 9.97 Å². The molecule has 0 aliphatic rings. The lowest BCUT2D eigenvalue weighted by Gasteiger charge is -2.06. The third kappa shape index (κ3) is 1.94. The van der Waals surface area contributed by atoms with Crippen LogP contribution in [0.1, 0.15) is 0 Å². The summed E-state index contributed by atoms with van der Waals surface area (Å²) >= 11 is 5.94. The number of pyridine rings is 1. The van der Waals surface area contributed by atoms with Gasteiger partial charge in [0.15, 0.2) is 5.65 Å². The van der Waals surface area contributed by atoms with Gasteiger partial charge in [-0.1, -0.05) is 17.7 Å². The summed E-state index contributed by atoms with van der Waals surface area (Å²) in [6, 6.07) is 9.45. The number of aromatic nitrogens is 3. The number of anilines is 2. The average Bonchev–Trinajstić information content (AvgIpc) is 2.78. The molecule has 0 fully saturated rings. The van der Waals surface area contributed by atoms with Crippen molar-refractivity contribution in [3.8, 4) is 0 Å². The molecule has 0 amide bonds. The van der Waals surface area contributed by atoms with Crippen LogP contribution >= 0.6 is 11.6 Å². The van der Waals surface area contributed by atoms with Gasteiger partial charge in [-0.15, -0.1) is 0 Å². The molecule has 3 rings (SSSR count). The van der Waals surface area contributed by atoms with E-state index in [2.05, 4.69) is 20.3 Å². The molecule has 2 aromatic heterocycles. The highest BCUT2D eigenvalue weighted by Crippen LogP contribution is 2.24. The number of fused-ring (bicyclic) bond motifs is 1. The number of nitrogens with one attached hydrogen (secondary N) is 2. The Kier molecular flexibility index (Phi) is 2.42. The van der Waals surface area contributed by atoms with E-state index < -0.39 is 0 Å². The van der Waals surface area contributed by atoms with Gasteiger partial charge in [-0.2, -0.15) is 0 Å². The standard InChI is InChI=1S/C12H9ClN4/c13-8-2-1-3-9(6-8)17-10-4-5-14-12-11(10)15-7-16-12/h1-7H,(H2,14,15,16,17). The molecular formula is C12H9ClN4. The van der Waals surface area contributed by atoms with Crippen LogP contribution in [0, 0.1) is 0 Å². The van der Waals surface area contributed by atoms with E-state index >= 15 is 0 Å². The topological polar surface area (TPSA) is 53.6 Å². The third-order valence-corrected chi connectivity index (χ3v) is 2.67. The maximum atomic E-state index is 5.94. The first kappa shape index (κ1) is 10.1. The van der Waals surface area contributed by atoms with Crippen molar-refractivity contribution in [1.29, 1.82) is 0 Å². The van der Waals surface area contributed by atoms with Crippen LogP contribution in [-0.2, 0) is 0 Å². The molecule has 1 aromatic carbocycles. The predicted octanol–water partition coefficient (Wildman–Crippen LogP) is 3.35. The molecule has 0 aliphatic carbocycles. The first-order valence-electron chi connectivity index (χ1n) is 5.13. The number of rotatable bonds is 2. The van der Waals surface area contributed by atoms with Crippen LogP contribution in [-0.4, -0.2) is 15.0 Å². The molecular weight excluding hydrogens is 236 g/mol. The Morgan fingerprint density at radius 1 is 1.18 bits per heavy atom. The second-order valence-electron chi connectivity index (χ2n) is 3.60. The van der Waals surface area contributed by atoms with Crippen LogP contribution in [0.3, 0.4) is 0 Å². The van der Waals surface area contributed by atoms with Crippen LogP contribution in [0.4, 0.5) is 11.4 Å². The van der Waals surface area contributed by atoms with Gasteiger partial charge < -0.3 is 10.3 Å². The van der Waals surface area contributed by atoms with Crippen LogP contribution < -0.4 is 5.32 Å². The summed E-state index contributed by atoms with van der Waals surface area (Å²) in [7, 11) is 0. The first-order valence-corrected chi connectivity index (χ1v) is 5.51. The summed E-state index contributed by atoms with van der Waals surface area (Å²) in [4.78, 5) is 11.3. The number of imidazole rings is 1. The fourth-order valence-electron chi connectivity index (χ4n) is 1.67. The van der Waals surface area contributed by atoms with Gasteiger partial charge in [-0.05, 0) is 24.3 Å². The van der Waals surface area contributed by atoms with Crippen molar-refractivity contribution in [3.63, 3.8) is 0 Å². The second kappa shape index (κ2) is 4.07. The van der Waals surface area contributed by atoms with E-state index in [0.29, 0.717) is 10.7 Å². The number of benzene rings is 1. The zero-order valence-corrected chi connectivity index (χ0v) is 9.57. The zero-order chi connectivity index (χ0) is 11.7. The Labute approximate surface area is 103 Å². The number of nitrogens with zero attached hydrogens (tertiary/aromatic N) is 2. The maximum Gasteiger partial charge on any atom is 0.179 e. The summed E-state index contributed by atoms with van der Waals surface area (Å²) in [5, 5.41) is 3.98. The van der Waals surface area contributed by atoms with E-state index in [-0.39, 0.29) is 0 Å². The van der Waals surface area contributed by atoms with E-state index in [4.69, 9.17) is 11.6 Å². The number of halogens is 1. The van der Waals surface area contributed by atoms with Crippen molar-refractivity contribution in [2.75, 3.05) is 5.32 Å². The molecule has 0 aliphatic heterocycles. The zero-order valence-electron chi connectivity index (χ0n) is 8.81. The molecule has 0 saturated heterocycles. The lowest BCUT2D eigenvalue weighted by atomic mass is 10.3. The highest BCUT2D eigenvalue weighted by molar-refractivity contribution is 6.30. The number of aromatic amines is 1. The lowest BCUT2D eigenvalue weighted by molar-refractivity contribution is 1.30. The molecule has 17 heavy (non-hydrogen) atoms. The molecule has 0 unspecified atom stereocenters. The Morgan fingerprint density at radius 2 is 2.12 bits per heavy atom. The molecule has 0 radical (unpaired) electrons. The van der Waals surface area contributed by atoms with Gasteiger partial charge in [0.1, 0.15) is 5.52 Å². The maximum absolute atomic E-state index is 5.94. The van der Waals surface area contributed by atoms with Crippen molar-refractivity contribution in [2.24, 2.45) is 0 Å². The molecule has 0 atom stereocenters. The summed E-state index contributed by atoms with van der Waals surface area (Å²) in [5.74, 6) is 0. The molecule has 2 heterocycles. The molecule has 0 saturated carbocycles. The van der Waals surface area contributed by atoms with Crippen LogP contribution in [0.15, 0.2) is 42.9 Å². The van der Waals surface area contributed by atoms with Gasteiger partial charge in [0.05, 0.1) is 12.0 Å². The minimum atomic E-state index is 0.692. The summed E-state index contributed by atoms with van der Waals surface area (Å²) in [5.41, 5.74) is 3.43. The van der Waals surface area contributed by atoms with Crippen molar-refractivity contribution in [2.45, 2.75) is 0 Å². The fourth-order valence-corrected chi connectivity index (χ4v) is 1.87. The van der Waals surface area contributed by atoms with Gasteiger partial charge in [0, 0.05) is 16.9 Å². The van der Waals surface area contributed by atoms with E-state index in [1.165, 1.54) is 0 Å². The average molecular weight is 245 g/mol. The monoisotopic (exact) mass is 244 g/mol. The van der Waals surface area contributed by atoms with Crippen molar-refractivity contribution >= 4 is 34.1 Å². The largest absolute Gasteiger partial charge is 0.354 e. The molecule has 2 N–H and O–H groups in total. The predicted molar refractivity (Wildman–Crippen MR) is 68.6 cm³/mol.